The number of hydrogen-bond donors (Lipinski definition) is 2. The number of carbonyl (C=O) groups excluding carboxylic acids is 1. The lowest BCUT2D eigenvalue weighted by atomic mass is 10.1. The van der Waals surface area contributed by atoms with Gasteiger partial charge in [-0.3, -0.25) is 10.1 Å². The van der Waals surface area contributed by atoms with Crippen LogP contribution >= 0.6 is 11.8 Å². The van der Waals surface area contributed by atoms with Gasteiger partial charge in [-0.25, -0.2) is 9.79 Å². The summed E-state index contributed by atoms with van der Waals surface area (Å²) < 4.78 is 10.1. The van der Waals surface area contributed by atoms with Gasteiger partial charge in [0.1, 0.15) is 16.4 Å². The van der Waals surface area contributed by atoms with Gasteiger partial charge in [0.05, 0.1) is 29.2 Å². The highest BCUT2D eigenvalue weighted by molar-refractivity contribution is 8.18. The second-order valence-corrected chi connectivity index (χ2v) is 7.18. The molecule has 1 aliphatic rings. The number of para-hydroxylation sites is 1. The van der Waals surface area contributed by atoms with Crippen molar-refractivity contribution < 1.29 is 29.4 Å². The summed E-state index contributed by atoms with van der Waals surface area (Å²) in [6.45, 7) is 1.71. The molecule has 0 saturated heterocycles. The number of non-ortho nitro benzene ring substituents is 1. The molecule has 0 unspecified atom stereocenters. The van der Waals surface area contributed by atoms with Gasteiger partial charge in [0.2, 0.25) is 0 Å². The first-order valence-electron chi connectivity index (χ1n) is 9.05. The highest BCUT2D eigenvalue weighted by atomic mass is 32.2. The summed E-state index contributed by atoms with van der Waals surface area (Å²) in [5, 5.41) is 32.2. The van der Waals surface area contributed by atoms with Gasteiger partial charge in [-0.2, -0.15) is 0 Å². The SMILES string of the molecule is CCOC(=O)C1=C(O)C(=Cc2cccc(OC)c2O)SC1=Nc1cccc([N+](=O)[O-])c1. The zero-order valence-corrected chi connectivity index (χ0v) is 17.4. The van der Waals surface area contributed by atoms with E-state index in [1.807, 2.05) is 0 Å². The van der Waals surface area contributed by atoms with Crippen LogP contribution in [0.25, 0.3) is 6.08 Å². The highest BCUT2D eigenvalue weighted by Crippen LogP contribution is 2.42. The van der Waals surface area contributed by atoms with Crippen molar-refractivity contribution in [2.24, 2.45) is 4.99 Å². The van der Waals surface area contributed by atoms with Gasteiger partial charge in [0.15, 0.2) is 11.5 Å². The number of phenolic OH excluding ortho intramolecular Hbond substituents is 1. The Hall–Kier alpha value is -3.79. The van der Waals surface area contributed by atoms with Crippen molar-refractivity contribution >= 4 is 40.2 Å². The largest absolute Gasteiger partial charge is 0.506 e. The Bertz CT molecular complexity index is 1140. The second kappa shape index (κ2) is 9.35. The molecule has 3 rings (SSSR count). The topological polar surface area (TPSA) is 131 Å². The molecule has 9 nitrogen and oxygen atoms in total. The molecule has 0 aromatic heterocycles. The van der Waals surface area contributed by atoms with E-state index in [2.05, 4.69) is 4.99 Å². The van der Waals surface area contributed by atoms with Crippen LogP contribution in [0.3, 0.4) is 0 Å². The van der Waals surface area contributed by atoms with Crippen molar-refractivity contribution in [2.45, 2.75) is 6.92 Å². The first kappa shape index (κ1) is 21.9. The average molecular weight is 442 g/mol. The Morgan fingerprint density at radius 1 is 1.26 bits per heavy atom. The molecule has 0 fully saturated rings. The Morgan fingerprint density at radius 3 is 2.68 bits per heavy atom. The molecule has 160 valence electrons. The van der Waals surface area contributed by atoms with Crippen LogP contribution in [0, 0.1) is 10.1 Å². The van der Waals surface area contributed by atoms with Crippen LogP contribution in [0.4, 0.5) is 11.4 Å². The monoisotopic (exact) mass is 442 g/mol. The van der Waals surface area contributed by atoms with Crippen molar-refractivity contribution in [3.05, 3.63) is 74.4 Å². The van der Waals surface area contributed by atoms with Crippen LogP contribution in [-0.4, -0.2) is 39.9 Å². The number of ether oxygens (including phenoxy) is 2. The normalized spacial score (nSPS) is 16.1. The Balaban J connectivity index is 2.09. The van der Waals surface area contributed by atoms with Crippen molar-refractivity contribution in [1.82, 2.24) is 0 Å². The number of methoxy groups -OCH3 is 1. The van der Waals surface area contributed by atoms with E-state index in [0.717, 1.165) is 11.8 Å². The predicted octanol–water partition coefficient (Wildman–Crippen LogP) is 4.50. The van der Waals surface area contributed by atoms with Crippen LogP contribution < -0.4 is 4.74 Å². The van der Waals surface area contributed by atoms with Gasteiger partial charge in [0, 0.05) is 17.7 Å². The van der Waals surface area contributed by atoms with Crippen LogP contribution in [0.2, 0.25) is 0 Å². The zero-order chi connectivity index (χ0) is 22.5. The van der Waals surface area contributed by atoms with Gasteiger partial charge in [-0.15, -0.1) is 0 Å². The van der Waals surface area contributed by atoms with Crippen molar-refractivity contribution in [2.75, 3.05) is 13.7 Å². The number of aromatic hydroxyl groups is 1. The molecule has 2 N–H and O–H groups in total. The van der Waals surface area contributed by atoms with Crippen LogP contribution in [0.5, 0.6) is 11.5 Å². The van der Waals surface area contributed by atoms with E-state index in [4.69, 9.17) is 9.47 Å². The molecule has 0 saturated carbocycles. The van der Waals surface area contributed by atoms with Crippen molar-refractivity contribution in [3.63, 3.8) is 0 Å². The molecule has 0 aliphatic carbocycles. The minimum atomic E-state index is -0.782. The van der Waals surface area contributed by atoms with E-state index in [-0.39, 0.29) is 50.8 Å². The number of aliphatic imine (C=N–C) groups is 1. The second-order valence-electron chi connectivity index (χ2n) is 6.15. The molecule has 0 atom stereocenters. The van der Waals surface area contributed by atoms with Crippen molar-refractivity contribution in [1.29, 1.82) is 0 Å². The lowest BCUT2D eigenvalue weighted by Gasteiger charge is -2.06. The van der Waals surface area contributed by atoms with Crippen molar-refractivity contribution in [3.8, 4) is 11.5 Å². The molecule has 10 heteroatoms. The number of carbonyl (C=O) groups is 1. The maximum absolute atomic E-state index is 12.5. The average Bonchev–Trinajstić information content (AvgIpc) is 3.04. The maximum atomic E-state index is 12.5. The van der Waals surface area contributed by atoms with E-state index in [1.165, 1.54) is 37.5 Å². The van der Waals surface area contributed by atoms with Gasteiger partial charge in [0.25, 0.3) is 5.69 Å². The number of rotatable bonds is 6. The number of hydrogen-bond acceptors (Lipinski definition) is 9. The molecule has 1 aliphatic heterocycles. The summed E-state index contributed by atoms with van der Waals surface area (Å²) in [5.41, 5.74) is 0.268. The fourth-order valence-corrected chi connectivity index (χ4v) is 3.77. The molecule has 0 spiro atoms. The summed E-state index contributed by atoms with van der Waals surface area (Å²) in [5.74, 6) is -1.03. The molecular formula is C21H18N2O7S. The molecular weight excluding hydrogens is 424 g/mol. The fraction of sp³-hybridized carbons (Fsp3) is 0.143. The number of aliphatic hydroxyl groups is 1. The summed E-state index contributed by atoms with van der Waals surface area (Å²) in [7, 11) is 1.41. The van der Waals surface area contributed by atoms with E-state index in [0.29, 0.717) is 5.56 Å². The first-order chi connectivity index (χ1) is 14.8. The van der Waals surface area contributed by atoms with Gasteiger partial charge in [-0.1, -0.05) is 30.0 Å². The summed E-state index contributed by atoms with van der Waals surface area (Å²) in [6.07, 6.45) is 1.48. The summed E-state index contributed by atoms with van der Waals surface area (Å²) >= 11 is 0.972. The Kier molecular flexibility index (Phi) is 6.61. The molecule has 0 radical (unpaired) electrons. The fourth-order valence-electron chi connectivity index (χ4n) is 2.75. The first-order valence-corrected chi connectivity index (χ1v) is 9.87. The Labute approximate surface area is 181 Å². The lowest BCUT2D eigenvalue weighted by molar-refractivity contribution is -0.384. The van der Waals surface area contributed by atoms with E-state index >= 15 is 0 Å². The zero-order valence-electron chi connectivity index (χ0n) is 16.6. The third-order valence-corrected chi connectivity index (χ3v) is 5.20. The summed E-state index contributed by atoms with van der Waals surface area (Å²) in [4.78, 5) is 27.5. The van der Waals surface area contributed by atoms with Gasteiger partial charge < -0.3 is 19.7 Å². The number of aliphatic hydroxyl groups excluding tert-OH is 1. The number of phenols is 1. The van der Waals surface area contributed by atoms with Gasteiger partial charge >= 0.3 is 5.97 Å². The molecule has 31 heavy (non-hydrogen) atoms. The highest BCUT2D eigenvalue weighted by Gasteiger charge is 2.33. The third kappa shape index (κ3) is 4.69. The number of benzene rings is 2. The summed E-state index contributed by atoms with van der Waals surface area (Å²) in [6, 6.07) is 10.4. The van der Waals surface area contributed by atoms with E-state index < -0.39 is 10.9 Å². The standard InChI is InChI=1S/C21H18N2O7S/c1-3-30-21(26)17-19(25)16(10-12-6-4-9-15(29-2)18(12)24)31-20(17)22-13-7-5-8-14(11-13)23(27)28/h4-11,24-25H,3H2,1-2H3. The minimum absolute atomic E-state index is 0.0834. The van der Waals surface area contributed by atoms with Crippen LogP contribution in [-0.2, 0) is 9.53 Å². The number of nitrogens with zero attached hydrogens (tertiary/aromatic N) is 2. The smallest absolute Gasteiger partial charge is 0.344 e. The van der Waals surface area contributed by atoms with E-state index in [9.17, 15) is 25.1 Å². The lowest BCUT2D eigenvalue weighted by Crippen LogP contribution is -2.12. The van der Waals surface area contributed by atoms with E-state index in [1.54, 1.807) is 25.1 Å². The van der Waals surface area contributed by atoms with Gasteiger partial charge in [-0.05, 0) is 25.1 Å². The minimum Gasteiger partial charge on any atom is -0.506 e. The number of nitro benzene ring substituents is 1. The Morgan fingerprint density at radius 2 is 2.00 bits per heavy atom. The maximum Gasteiger partial charge on any atom is 0.344 e. The third-order valence-electron chi connectivity index (χ3n) is 4.18. The molecule has 1 heterocycles. The number of thioether (sulfide) groups is 1. The number of nitro groups is 1. The van der Waals surface area contributed by atoms with Crippen LogP contribution in [0.1, 0.15) is 12.5 Å². The van der Waals surface area contributed by atoms with Crippen LogP contribution in [0.15, 0.2) is 63.7 Å². The molecule has 0 bridgehead atoms. The molecule has 2 aromatic carbocycles. The number of esters is 1. The molecule has 0 amide bonds. The molecule has 2 aromatic rings. The quantitative estimate of drug-likeness (QED) is 0.380. The predicted molar refractivity (Wildman–Crippen MR) is 117 cm³/mol.